The van der Waals surface area contributed by atoms with Crippen molar-refractivity contribution in [2.45, 2.75) is 230 Å². The summed E-state index contributed by atoms with van der Waals surface area (Å²) in [5.74, 6) is -2.36. The van der Waals surface area contributed by atoms with Crippen LogP contribution >= 0.6 is 0 Å². The monoisotopic (exact) mass is 1160 g/mol. The first kappa shape index (κ1) is 60.5. The quantitative estimate of drug-likeness (QED) is 0.214. The van der Waals surface area contributed by atoms with Gasteiger partial charge >= 0.3 is 0 Å². The minimum atomic E-state index is -1.00. The fraction of sp³-hybridized carbons (Fsp3) is 0.710. The number of alkyl halides is 1. The third-order valence-electron chi connectivity index (χ3n) is 16.6. The van der Waals surface area contributed by atoms with Crippen LogP contribution in [-0.4, -0.2) is 166 Å². The summed E-state index contributed by atoms with van der Waals surface area (Å²) >= 11 is 0. The summed E-state index contributed by atoms with van der Waals surface area (Å²) in [6.45, 7) is 25.2. The normalized spacial score (nSPS) is 42.5. The maximum absolute atomic E-state index is 9.96. The van der Waals surface area contributed by atoms with Crippen LogP contribution < -0.4 is 0 Å². The summed E-state index contributed by atoms with van der Waals surface area (Å²) in [5.41, 5.74) is 3.22. The summed E-state index contributed by atoms with van der Waals surface area (Å²) in [7, 11) is -1.00. The van der Waals surface area contributed by atoms with Crippen LogP contribution in [0.1, 0.15) is 114 Å². The van der Waals surface area contributed by atoms with E-state index in [4.69, 9.17) is 86.6 Å². The van der Waals surface area contributed by atoms with Gasteiger partial charge in [0.15, 0.2) is 54.6 Å². The van der Waals surface area contributed by atoms with Crippen LogP contribution in [0.25, 0.3) is 0 Å². The molecule has 13 rings (SSSR count). The molecule has 3 aromatic rings. The fourth-order valence-electron chi connectivity index (χ4n) is 12.7. The molecule has 82 heavy (non-hydrogen) atoms. The van der Waals surface area contributed by atoms with Gasteiger partial charge in [-0.3, -0.25) is 4.39 Å². The van der Waals surface area contributed by atoms with Gasteiger partial charge in [0.1, 0.15) is 61.0 Å². The van der Waals surface area contributed by atoms with E-state index >= 15 is 0 Å². The average Bonchev–Trinajstić information content (AvgIpc) is 3.90. The maximum atomic E-state index is 9.96. The molecule has 22 unspecified atom stereocenters. The minimum absolute atomic E-state index is 0.00835. The highest BCUT2D eigenvalue weighted by molar-refractivity contribution is 5.18. The Bertz CT molecular complexity index is 2500. The molecular weight excluding hydrogens is 1070 g/mol. The zero-order chi connectivity index (χ0) is 59.0. The lowest BCUT2D eigenvalue weighted by Crippen LogP contribution is -2.58. The first-order valence-corrected chi connectivity index (χ1v) is 29.0. The fourth-order valence-corrected chi connectivity index (χ4v) is 12.7. The second kappa shape index (κ2) is 25.7. The predicted molar refractivity (Wildman–Crippen MR) is 291 cm³/mol. The van der Waals surface area contributed by atoms with E-state index in [1.165, 1.54) is 5.56 Å². The van der Waals surface area contributed by atoms with Crippen molar-refractivity contribution in [3.8, 4) is 0 Å². The van der Waals surface area contributed by atoms with Gasteiger partial charge in [0.05, 0.1) is 66.0 Å². The molecule has 1 N–H and O–H groups in total. The maximum Gasteiger partial charge on any atom is 0.190 e. The number of halogens is 1. The molecule has 10 saturated heterocycles. The van der Waals surface area contributed by atoms with Gasteiger partial charge in [-0.25, -0.2) is 0 Å². The van der Waals surface area contributed by atoms with Crippen molar-refractivity contribution < 1.29 is 96.1 Å². The van der Waals surface area contributed by atoms with Gasteiger partial charge in [0, 0.05) is 23.0 Å². The zero-order valence-electron chi connectivity index (χ0n) is 50.3. The van der Waals surface area contributed by atoms with Crippen LogP contribution in [0.5, 0.6) is 0 Å². The molecule has 19 nitrogen and oxygen atoms in total. The number of fused-ring (bicyclic) bond motifs is 8. The third kappa shape index (κ3) is 13.8. The molecule has 0 radical (unpaired) electrons. The Labute approximate surface area is 483 Å². The molecule has 0 aliphatic carbocycles. The number of hydrogen-bond donors (Lipinski definition) is 1. The van der Waals surface area contributed by atoms with E-state index in [0.29, 0.717) is 19.8 Å². The van der Waals surface area contributed by atoms with E-state index in [0.717, 1.165) is 11.1 Å². The molecule has 3 aromatic carbocycles. The summed E-state index contributed by atoms with van der Waals surface area (Å²) in [4.78, 5) is 0. The van der Waals surface area contributed by atoms with Crippen molar-refractivity contribution in [2.75, 3.05) is 33.6 Å². The molecule has 10 aliphatic rings. The highest BCUT2D eigenvalue weighted by atomic mass is 19.1. The molecule has 20 heteroatoms. The Balaban J connectivity index is 0.000000143. The second-order valence-corrected chi connectivity index (χ2v) is 24.5. The zero-order valence-corrected chi connectivity index (χ0v) is 49.3. The molecule has 0 amide bonds. The molecule has 10 fully saturated rings. The standard InChI is InChI=1S/C27H38O9.C22H26O4.C12H20O6.CH3F/c1-14-15(2)23(30-17-12-29-24(32-19(14)17)16-10-8-7-9-11-16)28-13-18-20-21(34-26(3,4)33-20)22-25(31-18)36-27(5,6)35-22;1-15-20(23-13-17-9-5-3-6-10-17)16(2)25-19-14-24-22(26-21(15)19)18-11-7-4-8-12-18;1-11(2)15-7-6(5-13)14-10-9(8(7)16-11)17-12(3,4)18-10;1-2/h7-11,14-15,17-25H,12-13H2,1-6H3;3-12,15-16,19-22H,13-14H2,1-2H3;6-10,13H,5H2,1-4H3;1H3/i;;;1D. The van der Waals surface area contributed by atoms with Gasteiger partial charge in [0.2, 0.25) is 0 Å². The van der Waals surface area contributed by atoms with Crippen LogP contribution in [0.4, 0.5) is 4.39 Å². The Hall–Kier alpha value is -3.17. The summed E-state index contributed by atoms with van der Waals surface area (Å²) in [6, 6.07) is 30.3. The topological polar surface area (TPSA) is 186 Å². The van der Waals surface area contributed by atoms with Gasteiger partial charge in [-0.2, -0.15) is 0 Å². The lowest BCUT2D eigenvalue weighted by molar-refractivity contribution is -0.347. The minimum Gasteiger partial charge on any atom is -0.394 e. The van der Waals surface area contributed by atoms with Crippen molar-refractivity contribution in [3.05, 3.63) is 108 Å². The van der Waals surface area contributed by atoms with Crippen molar-refractivity contribution in [1.29, 1.82) is 0 Å². The van der Waals surface area contributed by atoms with E-state index in [2.05, 4.69) is 39.8 Å². The number of ether oxygens (including phenoxy) is 18. The SMILES string of the molecule is CC1(C)OC2OC(CO)C3OC(C)(C)OC3C2O1.CC1C(OCC2OC3OC(C)(C)OC3C3OC(C)(C)OC23)OC2COC(c3ccccc3)OC2C1C.CC1OC2COC(c3ccccc3)OC2C(C)C1OCc1ccccc1.[2H]CF. The van der Waals surface area contributed by atoms with Crippen LogP contribution in [-0.2, 0) is 91.9 Å². The highest BCUT2D eigenvalue weighted by Gasteiger charge is 2.62. The first-order chi connectivity index (χ1) is 39.5. The van der Waals surface area contributed by atoms with Crippen molar-refractivity contribution >= 4 is 0 Å². The number of benzene rings is 3. The molecule has 0 saturated carbocycles. The van der Waals surface area contributed by atoms with E-state index in [-0.39, 0.29) is 123 Å². The van der Waals surface area contributed by atoms with Gasteiger partial charge in [-0.15, -0.1) is 0 Å². The van der Waals surface area contributed by atoms with Crippen molar-refractivity contribution in [1.82, 2.24) is 0 Å². The predicted octanol–water partition coefficient (Wildman–Crippen LogP) is 8.58. The number of aliphatic hydroxyl groups excluding tert-OH is 1. The molecule has 22 atom stereocenters. The van der Waals surface area contributed by atoms with E-state index < -0.39 is 55.3 Å². The van der Waals surface area contributed by atoms with Gasteiger partial charge < -0.3 is 90.4 Å². The number of rotatable bonds is 9. The first-order valence-electron chi connectivity index (χ1n) is 29.7. The van der Waals surface area contributed by atoms with E-state index in [9.17, 15) is 9.50 Å². The largest absolute Gasteiger partial charge is 0.394 e. The average molecular weight is 1160 g/mol. The Kier molecular flexibility index (Phi) is 18.9. The van der Waals surface area contributed by atoms with Crippen molar-refractivity contribution in [3.63, 3.8) is 0 Å². The molecule has 0 aromatic heterocycles. The Morgan fingerprint density at radius 2 is 0.915 bits per heavy atom. The van der Waals surface area contributed by atoms with Crippen molar-refractivity contribution in [2.24, 2.45) is 17.8 Å². The van der Waals surface area contributed by atoms with Crippen LogP contribution in [0.2, 0.25) is 0 Å². The second-order valence-electron chi connectivity index (χ2n) is 24.5. The molecular formula is C62H87FO19. The Morgan fingerprint density at radius 3 is 1.43 bits per heavy atom. The van der Waals surface area contributed by atoms with E-state index in [1.54, 1.807) is 0 Å². The summed E-state index contributed by atoms with van der Waals surface area (Å²) < 4.78 is 125. The highest BCUT2D eigenvalue weighted by Crippen LogP contribution is 2.47. The van der Waals surface area contributed by atoms with Gasteiger partial charge in [-0.05, 0) is 73.8 Å². The number of hydrogen-bond acceptors (Lipinski definition) is 19. The summed E-state index contributed by atoms with van der Waals surface area (Å²) in [5, 5.41) is 9.40. The smallest absolute Gasteiger partial charge is 0.190 e. The van der Waals surface area contributed by atoms with Crippen LogP contribution in [0.15, 0.2) is 91.0 Å². The summed E-state index contributed by atoms with van der Waals surface area (Å²) in [6.07, 6.45) is -5.35. The van der Waals surface area contributed by atoms with Gasteiger partial charge in [-0.1, -0.05) is 112 Å². The lowest BCUT2D eigenvalue weighted by atomic mass is 9.84. The van der Waals surface area contributed by atoms with Crippen LogP contribution in [0.3, 0.4) is 0 Å². The number of aliphatic hydroxyl groups is 1. The van der Waals surface area contributed by atoms with Gasteiger partial charge in [0.25, 0.3) is 0 Å². The lowest BCUT2D eigenvalue weighted by Gasteiger charge is -2.48. The third-order valence-corrected chi connectivity index (χ3v) is 16.6. The molecule has 10 aliphatic heterocycles. The molecule has 10 heterocycles. The van der Waals surface area contributed by atoms with Crippen LogP contribution in [0, 0.1) is 17.8 Å². The Morgan fingerprint density at radius 1 is 0.488 bits per heavy atom. The molecule has 456 valence electrons. The molecule has 0 spiro atoms. The molecule has 0 bridgehead atoms. The van der Waals surface area contributed by atoms with E-state index in [1.807, 2.05) is 134 Å².